The van der Waals surface area contributed by atoms with Gasteiger partial charge in [0.25, 0.3) is 0 Å². The predicted molar refractivity (Wildman–Crippen MR) is 80.5 cm³/mol. The van der Waals surface area contributed by atoms with Crippen LogP contribution in [0, 0.1) is 0 Å². The molecule has 1 aliphatic rings. The molecule has 0 fully saturated rings. The number of carboxylic acids is 1. The van der Waals surface area contributed by atoms with Crippen LogP contribution < -0.4 is 0 Å². The number of carbonyl (C=O) groups is 1. The number of carboxylic acid groups (broad SMARTS) is 1. The van der Waals surface area contributed by atoms with Crippen molar-refractivity contribution in [3.8, 4) is 0 Å². The zero-order chi connectivity index (χ0) is 14.7. The van der Waals surface area contributed by atoms with Gasteiger partial charge in [0.1, 0.15) is 5.82 Å². The topological polar surface area (TPSA) is 68.0 Å². The predicted octanol–water partition coefficient (Wildman–Crippen LogP) is 3.00. The molecule has 0 spiro atoms. The third-order valence-corrected chi connectivity index (χ3v) is 4.68. The number of aromatic nitrogens is 3. The van der Waals surface area contributed by atoms with Gasteiger partial charge < -0.3 is 9.67 Å². The van der Waals surface area contributed by atoms with Crippen LogP contribution in [-0.4, -0.2) is 25.8 Å². The first-order chi connectivity index (χ1) is 10.2. The van der Waals surface area contributed by atoms with Gasteiger partial charge in [-0.05, 0) is 30.5 Å². The molecule has 2 heterocycles. The number of hydrogen-bond donors (Lipinski definition) is 1. The molecule has 1 aliphatic heterocycles. The molecule has 0 bridgehead atoms. The van der Waals surface area contributed by atoms with Gasteiger partial charge >= 0.3 is 5.97 Å². The van der Waals surface area contributed by atoms with Crippen LogP contribution >= 0.6 is 11.8 Å². The maximum Gasteiger partial charge on any atom is 0.335 e. The maximum absolute atomic E-state index is 10.8. The van der Waals surface area contributed by atoms with E-state index in [9.17, 15) is 4.79 Å². The van der Waals surface area contributed by atoms with Crippen molar-refractivity contribution in [3.05, 3.63) is 41.2 Å². The van der Waals surface area contributed by atoms with Gasteiger partial charge in [-0.3, -0.25) is 0 Å². The smallest absolute Gasteiger partial charge is 0.335 e. The van der Waals surface area contributed by atoms with Gasteiger partial charge in [0.2, 0.25) is 0 Å². The van der Waals surface area contributed by atoms with Crippen molar-refractivity contribution >= 4 is 17.7 Å². The zero-order valence-corrected chi connectivity index (χ0v) is 12.5. The highest BCUT2D eigenvalue weighted by atomic mass is 32.2. The van der Waals surface area contributed by atoms with E-state index in [4.69, 9.17) is 5.11 Å². The Morgan fingerprint density at radius 3 is 2.76 bits per heavy atom. The lowest BCUT2D eigenvalue weighted by Crippen LogP contribution is -2.02. The number of fused-ring (bicyclic) bond motifs is 1. The minimum Gasteiger partial charge on any atom is -0.478 e. The fourth-order valence-corrected chi connectivity index (χ4v) is 3.40. The lowest BCUT2D eigenvalue weighted by molar-refractivity contribution is 0.0697. The summed E-state index contributed by atoms with van der Waals surface area (Å²) in [5.74, 6) is 0.978. The van der Waals surface area contributed by atoms with Gasteiger partial charge in [0, 0.05) is 18.7 Å². The molecule has 2 aromatic rings. The largest absolute Gasteiger partial charge is 0.478 e. The highest BCUT2D eigenvalue weighted by molar-refractivity contribution is 7.98. The number of aryl methyl sites for hydroxylation is 1. The molecule has 6 heteroatoms. The van der Waals surface area contributed by atoms with Crippen molar-refractivity contribution in [2.45, 2.75) is 43.1 Å². The highest BCUT2D eigenvalue weighted by Crippen LogP contribution is 2.24. The van der Waals surface area contributed by atoms with Gasteiger partial charge in [-0.2, -0.15) is 0 Å². The standard InChI is InChI=1S/C15H17N3O2S/c19-14(20)12-7-5-11(6-8-12)10-21-15-17-16-13-4-2-1-3-9-18(13)15/h5-8H,1-4,9-10H2,(H,19,20). The monoisotopic (exact) mass is 303 g/mol. The summed E-state index contributed by atoms with van der Waals surface area (Å²) in [6.45, 7) is 1.00. The summed E-state index contributed by atoms with van der Waals surface area (Å²) in [6.07, 6.45) is 4.65. The number of nitrogens with zero attached hydrogens (tertiary/aromatic N) is 3. The number of rotatable bonds is 4. The Hall–Kier alpha value is -1.82. The van der Waals surface area contributed by atoms with Crippen molar-refractivity contribution in [1.29, 1.82) is 0 Å². The molecular weight excluding hydrogens is 286 g/mol. The van der Waals surface area contributed by atoms with E-state index in [0.717, 1.165) is 35.3 Å². The second-order valence-electron chi connectivity index (χ2n) is 5.15. The molecule has 1 aromatic heterocycles. The summed E-state index contributed by atoms with van der Waals surface area (Å²) in [4.78, 5) is 10.8. The molecule has 21 heavy (non-hydrogen) atoms. The fraction of sp³-hybridized carbons (Fsp3) is 0.400. The van der Waals surface area contributed by atoms with Gasteiger partial charge in [-0.15, -0.1) is 10.2 Å². The molecule has 0 unspecified atom stereocenters. The lowest BCUT2D eigenvalue weighted by atomic mass is 10.1. The Balaban J connectivity index is 1.67. The zero-order valence-electron chi connectivity index (χ0n) is 11.7. The van der Waals surface area contributed by atoms with Crippen LogP contribution in [0.1, 0.15) is 41.0 Å². The summed E-state index contributed by atoms with van der Waals surface area (Å²) in [5, 5.41) is 18.4. The Morgan fingerprint density at radius 1 is 1.19 bits per heavy atom. The van der Waals surface area contributed by atoms with E-state index in [-0.39, 0.29) is 0 Å². The van der Waals surface area contributed by atoms with Crippen LogP contribution in [0.5, 0.6) is 0 Å². The first kappa shape index (κ1) is 14.1. The van der Waals surface area contributed by atoms with Crippen molar-refractivity contribution < 1.29 is 9.90 Å². The lowest BCUT2D eigenvalue weighted by Gasteiger charge is -2.06. The Labute approximate surface area is 127 Å². The van der Waals surface area contributed by atoms with Crippen molar-refractivity contribution in [1.82, 2.24) is 14.8 Å². The van der Waals surface area contributed by atoms with E-state index >= 15 is 0 Å². The molecule has 0 radical (unpaired) electrons. The summed E-state index contributed by atoms with van der Waals surface area (Å²) < 4.78 is 2.23. The highest BCUT2D eigenvalue weighted by Gasteiger charge is 2.14. The molecule has 0 saturated carbocycles. The van der Waals surface area contributed by atoms with Crippen LogP contribution in [0.2, 0.25) is 0 Å². The molecule has 0 amide bonds. The van der Waals surface area contributed by atoms with Crippen LogP contribution in [0.4, 0.5) is 0 Å². The second kappa shape index (κ2) is 6.30. The van der Waals surface area contributed by atoms with E-state index in [1.54, 1.807) is 23.9 Å². The van der Waals surface area contributed by atoms with E-state index in [1.165, 1.54) is 19.3 Å². The van der Waals surface area contributed by atoms with Crippen LogP contribution in [0.15, 0.2) is 29.4 Å². The maximum atomic E-state index is 10.8. The summed E-state index contributed by atoms with van der Waals surface area (Å²) in [7, 11) is 0. The Bertz CT molecular complexity index is 637. The minimum atomic E-state index is -0.892. The number of benzene rings is 1. The number of thioether (sulfide) groups is 1. The second-order valence-corrected chi connectivity index (χ2v) is 6.09. The van der Waals surface area contributed by atoms with Gasteiger partial charge in [-0.1, -0.05) is 30.3 Å². The van der Waals surface area contributed by atoms with Gasteiger partial charge in [0.15, 0.2) is 5.16 Å². The van der Waals surface area contributed by atoms with Gasteiger partial charge in [0.05, 0.1) is 5.56 Å². The normalized spacial score (nSPS) is 14.5. The molecule has 3 rings (SSSR count). The van der Waals surface area contributed by atoms with Crippen LogP contribution in [-0.2, 0) is 18.7 Å². The van der Waals surface area contributed by atoms with E-state index < -0.39 is 5.97 Å². The molecule has 1 N–H and O–H groups in total. The molecule has 1 aromatic carbocycles. The molecular formula is C15H17N3O2S. The van der Waals surface area contributed by atoms with E-state index in [2.05, 4.69) is 14.8 Å². The molecule has 0 atom stereocenters. The summed E-state index contributed by atoms with van der Waals surface area (Å²) in [5.41, 5.74) is 1.41. The summed E-state index contributed by atoms with van der Waals surface area (Å²) in [6, 6.07) is 7.00. The third-order valence-electron chi connectivity index (χ3n) is 3.64. The van der Waals surface area contributed by atoms with Gasteiger partial charge in [-0.25, -0.2) is 4.79 Å². The Kier molecular flexibility index (Phi) is 4.24. The first-order valence-corrected chi connectivity index (χ1v) is 8.10. The molecule has 0 aliphatic carbocycles. The van der Waals surface area contributed by atoms with E-state index in [0.29, 0.717) is 5.56 Å². The minimum absolute atomic E-state index is 0.320. The van der Waals surface area contributed by atoms with Crippen molar-refractivity contribution in [2.24, 2.45) is 0 Å². The average Bonchev–Trinajstić information content (AvgIpc) is 2.72. The fourth-order valence-electron chi connectivity index (χ4n) is 2.46. The van der Waals surface area contributed by atoms with Crippen LogP contribution in [0.25, 0.3) is 0 Å². The number of hydrogen-bond acceptors (Lipinski definition) is 4. The average molecular weight is 303 g/mol. The molecule has 0 saturated heterocycles. The molecule has 5 nitrogen and oxygen atoms in total. The first-order valence-electron chi connectivity index (χ1n) is 7.11. The van der Waals surface area contributed by atoms with Crippen molar-refractivity contribution in [3.63, 3.8) is 0 Å². The SMILES string of the molecule is O=C(O)c1ccc(CSc2nnc3n2CCCCC3)cc1. The van der Waals surface area contributed by atoms with Crippen LogP contribution in [0.3, 0.4) is 0 Å². The van der Waals surface area contributed by atoms with E-state index in [1.807, 2.05) is 12.1 Å². The quantitative estimate of drug-likeness (QED) is 0.879. The van der Waals surface area contributed by atoms with Crippen molar-refractivity contribution in [2.75, 3.05) is 0 Å². The summed E-state index contributed by atoms with van der Waals surface area (Å²) >= 11 is 1.66. The number of aromatic carboxylic acids is 1. The third kappa shape index (κ3) is 3.26. The Morgan fingerprint density at radius 2 is 2.00 bits per heavy atom. The molecule has 110 valence electrons.